The zero-order chi connectivity index (χ0) is 13.3. The van der Waals surface area contributed by atoms with Crippen LogP contribution in [0.3, 0.4) is 0 Å². The molecule has 2 amide bonds. The summed E-state index contributed by atoms with van der Waals surface area (Å²) in [4.78, 5) is 22.0. The van der Waals surface area contributed by atoms with Crippen molar-refractivity contribution in [3.05, 3.63) is 24.7 Å². The Morgan fingerprint density at radius 2 is 1.35 bits per heavy atom. The maximum atomic E-state index is 11.0. The van der Waals surface area contributed by atoms with Gasteiger partial charge in [-0.15, -0.1) is 0 Å². The number of nitrogens with one attached hydrogen (secondary N) is 2. The van der Waals surface area contributed by atoms with Crippen LogP contribution in [0.4, 0.5) is 0 Å². The minimum Gasteiger partial charge on any atom is -0.473 e. The third kappa shape index (κ3) is 6.33. The fourth-order valence-electron chi connectivity index (χ4n) is 0.809. The first-order valence-electron chi connectivity index (χ1n) is 5.02. The summed E-state index contributed by atoms with van der Waals surface area (Å²) in [7, 11) is 0. The van der Waals surface area contributed by atoms with Crippen molar-refractivity contribution in [2.75, 3.05) is 0 Å². The van der Waals surface area contributed by atoms with E-state index in [0.29, 0.717) is 0 Å². The Morgan fingerprint density at radius 3 is 1.65 bits per heavy atom. The minimum absolute atomic E-state index is 0.315. The van der Waals surface area contributed by atoms with Crippen molar-refractivity contribution < 1.29 is 14.3 Å². The normalized spacial score (nSPS) is 14.6. The zero-order valence-electron chi connectivity index (χ0n) is 9.84. The second-order valence-corrected chi connectivity index (χ2v) is 3.39. The highest BCUT2D eigenvalue weighted by Crippen LogP contribution is 1.99. The van der Waals surface area contributed by atoms with Gasteiger partial charge in [-0.05, 0) is 26.0 Å². The van der Waals surface area contributed by atoms with Crippen LogP contribution in [0.25, 0.3) is 0 Å². The number of hydrogen-bond acceptors (Lipinski definition) is 5. The van der Waals surface area contributed by atoms with Crippen LogP contribution in [0.15, 0.2) is 24.7 Å². The van der Waals surface area contributed by atoms with Gasteiger partial charge in [-0.3, -0.25) is 20.4 Å². The largest absolute Gasteiger partial charge is 0.473 e. The number of hydrazine groups is 2. The molecule has 96 valence electrons. The molecule has 7 nitrogen and oxygen atoms in total. The molecule has 0 radical (unpaired) electrons. The molecule has 0 aromatic heterocycles. The molecular formula is C10H18N4O3. The first-order chi connectivity index (χ1) is 8.02. The van der Waals surface area contributed by atoms with E-state index in [2.05, 4.69) is 0 Å². The van der Waals surface area contributed by atoms with Crippen LogP contribution in [0.5, 0.6) is 0 Å². The maximum absolute atomic E-state index is 11.0. The maximum Gasteiger partial charge on any atom is 0.240 e. The van der Waals surface area contributed by atoms with Crippen LogP contribution < -0.4 is 22.5 Å². The number of carbonyl (C=O) groups excluding carboxylic acids is 2. The lowest BCUT2D eigenvalue weighted by atomic mass is 10.2. The predicted molar refractivity (Wildman–Crippen MR) is 62.4 cm³/mol. The van der Waals surface area contributed by atoms with Gasteiger partial charge in [-0.1, -0.05) is 0 Å². The number of rotatable bonds is 6. The zero-order valence-corrected chi connectivity index (χ0v) is 9.84. The Hall–Kier alpha value is -1.86. The standard InChI is InChI=1S/C10H18N4O3/c1-7(9(15)13-11)3-5-17-6-4-8(2)10(16)14-12/h3-8H,11-12H2,1-2H3,(H,13,15)(H,14,16)/b5-3+,6-4+. The number of amides is 2. The van der Waals surface area contributed by atoms with Crippen molar-refractivity contribution in [2.45, 2.75) is 13.8 Å². The molecule has 0 saturated carbocycles. The second kappa shape index (κ2) is 8.31. The molecule has 0 heterocycles. The third-order valence-electron chi connectivity index (χ3n) is 2.00. The second-order valence-electron chi connectivity index (χ2n) is 3.39. The molecule has 2 atom stereocenters. The van der Waals surface area contributed by atoms with Crippen molar-refractivity contribution in [3.8, 4) is 0 Å². The molecule has 0 aromatic carbocycles. The van der Waals surface area contributed by atoms with Gasteiger partial charge < -0.3 is 4.74 Å². The van der Waals surface area contributed by atoms with Crippen LogP contribution in [0, 0.1) is 11.8 Å². The summed E-state index contributed by atoms with van der Waals surface area (Å²) in [5.74, 6) is 8.48. The molecule has 2 unspecified atom stereocenters. The molecule has 0 rings (SSSR count). The van der Waals surface area contributed by atoms with E-state index in [0.717, 1.165) is 0 Å². The summed E-state index contributed by atoms with van der Waals surface area (Å²) >= 11 is 0. The van der Waals surface area contributed by atoms with E-state index >= 15 is 0 Å². The lowest BCUT2D eigenvalue weighted by molar-refractivity contribution is -0.124. The summed E-state index contributed by atoms with van der Waals surface area (Å²) in [6.07, 6.45) is 5.73. The topological polar surface area (TPSA) is 119 Å². The van der Waals surface area contributed by atoms with Gasteiger partial charge in [-0.25, -0.2) is 11.7 Å². The van der Waals surface area contributed by atoms with E-state index in [1.54, 1.807) is 13.8 Å². The van der Waals surface area contributed by atoms with Gasteiger partial charge in [-0.2, -0.15) is 0 Å². The molecule has 0 spiro atoms. The molecule has 0 aliphatic heterocycles. The van der Waals surface area contributed by atoms with Crippen molar-refractivity contribution >= 4 is 11.8 Å². The van der Waals surface area contributed by atoms with Gasteiger partial charge in [0.25, 0.3) is 0 Å². The molecule has 17 heavy (non-hydrogen) atoms. The Kier molecular flexibility index (Phi) is 7.40. The number of hydrogen-bond donors (Lipinski definition) is 4. The fraction of sp³-hybridized carbons (Fsp3) is 0.400. The Bertz CT molecular complexity index is 285. The predicted octanol–water partition coefficient (Wildman–Crippen LogP) is -0.718. The highest BCUT2D eigenvalue weighted by atomic mass is 16.5. The van der Waals surface area contributed by atoms with E-state index in [-0.39, 0.29) is 11.8 Å². The summed E-state index contributed by atoms with van der Waals surface area (Å²) < 4.78 is 4.96. The smallest absolute Gasteiger partial charge is 0.240 e. The highest BCUT2D eigenvalue weighted by molar-refractivity contribution is 5.79. The van der Waals surface area contributed by atoms with Crippen LogP contribution in [-0.4, -0.2) is 11.8 Å². The van der Waals surface area contributed by atoms with Crippen molar-refractivity contribution in [1.29, 1.82) is 0 Å². The van der Waals surface area contributed by atoms with Crippen LogP contribution in [-0.2, 0) is 14.3 Å². The summed E-state index contributed by atoms with van der Waals surface area (Å²) in [6.45, 7) is 3.33. The van der Waals surface area contributed by atoms with E-state index < -0.39 is 11.8 Å². The van der Waals surface area contributed by atoms with Gasteiger partial charge in [0.15, 0.2) is 0 Å². The van der Waals surface area contributed by atoms with Gasteiger partial charge in [0.1, 0.15) is 0 Å². The Morgan fingerprint density at radius 1 is 1.00 bits per heavy atom. The van der Waals surface area contributed by atoms with Gasteiger partial charge >= 0.3 is 0 Å². The number of nitrogens with two attached hydrogens (primary N) is 2. The molecule has 0 aromatic rings. The first kappa shape index (κ1) is 15.1. The first-order valence-corrected chi connectivity index (χ1v) is 5.02. The van der Waals surface area contributed by atoms with E-state index in [9.17, 15) is 9.59 Å². The number of carbonyl (C=O) groups is 2. The minimum atomic E-state index is -0.391. The Balaban J connectivity index is 3.98. The fourth-order valence-corrected chi connectivity index (χ4v) is 0.809. The molecule has 0 saturated heterocycles. The Labute approximate surface area is 99.8 Å². The highest BCUT2D eigenvalue weighted by Gasteiger charge is 2.07. The lowest BCUT2D eigenvalue weighted by Gasteiger charge is -2.03. The average Bonchev–Trinajstić information content (AvgIpc) is 2.35. The molecule has 0 aliphatic rings. The van der Waals surface area contributed by atoms with Crippen molar-refractivity contribution in [2.24, 2.45) is 23.5 Å². The average molecular weight is 242 g/mol. The van der Waals surface area contributed by atoms with Crippen LogP contribution in [0.1, 0.15) is 13.8 Å². The van der Waals surface area contributed by atoms with E-state index in [4.69, 9.17) is 16.4 Å². The monoisotopic (exact) mass is 242 g/mol. The summed E-state index contributed by atoms with van der Waals surface area (Å²) in [5.41, 5.74) is 4.03. The van der Waals surface area contributed by atoms with Crippen LogP contribution >= 0.6 is 0 Å². The molecule has 0 aliphatic carbocycles. The summed E-state index contributed by atoms with van der Waals surface area (Å²) in [6, 6.07) is 0. The van der Waals surface area contributed by atoms with Crippen LogP contribution in [0.2, 0.25) is 0 Å². The molecule has 6 N–H and O–H groups in total. The molecule has 7 heteroatoms. The summed E-state index contributed by atoms with van der Waals surface area (Å²) in [5, 5.41) is 0. The molecule has 0 fully saturated rings. The van der Waals surface area contributed by atoms with Gasteiger partial charge in [0, 0.05) is 0 Å². The molecule has 0 bridgehead atoms. The SMILES string of the molecule is CC(/C=C/O/C=C/C(C)C(=O)NN)C(=O)NN. The lowest BCUT2D eigenvalue weighted by Crippen LogP contribution is -2.34. The number of ether oxygens (including phenoxy) is 1. The molecular weight excluding hydrogens is 224 g/mol. The quantitative estimate of drug-likeness (QED) is 0.212. The van der Waals surface area contributed by atoms with E-state index in [1.807, 2.05) is 10.9 Å². The third-order valence-corrected chi connectivity index (χ3v) is 2.00. The van der Waals surface area contributed by atoms with E-state index in [1.165, 1.54) is 24.7 Å². The van der Waals surface area contributed by atoms with Gasteiger partial charge in [0.2, 0.25) is 11.8 Å². The van der Waals surface area contributed by atoms with Gasteiger partial charge in [0.05, 0.1) is 24.4 Å². The van der Waals surface area contributed by atoms with Crippen molar-refractivity contribution in [3.63, 3.8) is 0 Å². The van der Waals surface area contributed by atoms with Crippen molar-refractivity contribution in [1.82, 2.24) is 10.9 Å².